The molecule has 2 aliphatic carbocycles. The number of rotatable bonds is 8. The van der Waals surface area contributed by atoms with Gasteiger partial charge in [0.2, 0.25) is 0 Å². The van der Waals surface area contributed by atoms with E-state index in [0.29, 0.717) is 11.8 Å². The fraction of sp³-hybridized carbons (Fsp3) is 0.143. The molecule has 1 aromatic heterocycles. The summed E-state index contributed by atoms with van der Waals surface area (Å²) in [5.74, 6) is 0.651. The van der Waals surface area contributed by atoms with Crippen LogP contribution in [0, 0.1) is 12.8 Å². The average Bonchev–Trinajstić information content (AvgIpc) is 3.50. The Kier molecular flexibility index (Phi) is 9.80. The first-order chi connectivity index (χ1) is 32.4. The summed E-state index contributed by atoms with van der Waals surface area (Å²) in [6.45, 7) is 11.8. The van der Waals surface area contributed by atoms with Crippen LogP contribution in [0.5, 0.6) is 0 Å². The molecule has 0 radical (unpaired) electrons. The van der Waals surface area contributed by atoms with Crippen molar-refractivity contribution in [1.82, 2.24) is 0 Å². The number of nitrogens with zero attached hydrogens (tertiary/aromatic N) is 2. The lowest BCUT2D eigenvalue weighted by atomic mass is 9.86. The van der Waals surface area contributed by atoms with E-state index in [1.54, 1.807) is 0 Å². The van der Waals surface area contributed by atoms with Crippen molar-refractivity contribution in [2.24, 2.45) is 5.92 Å². The summed E-state index contributed by atoms with van der Waals surface area (Å²) in [5, 5.41) is 13.1. The Hall–Kier alpha value is -7.20. The number of hydrogen-bond acceptors (Lipinski definition) is 3. The molecule has 66 heavy (non-hydrogen) atoms. The topological polar surface area (TPSA) is 6.48 Å². The molecule has 2 aliphatic rings. The quantitative estimate of drug-likeness (QED) is 0.140. The van der Waals surface area contributed by atoms with Crippen molar-refractivity contribution in [2.45, 2.75) is 53.4 Å². The molecule has 3 heteroatoms. The van der Waals surface area contributed by atoms with Crippen LogP contribution in [0.25, 0.3) is 63.6 Å². The molecule has 0 atom stereocenters. The second-order valence-electron chi connectivity index (χ2n) is 18.7. The maximum absolute atomic E-state index is 2.57. The first-order valence-electron chi connectivity index (χ1n) is 23.6. The molecule has 0 saturated carbocycles. The Morgan fingerprint density at radius 1 is 0.500 bits per heavy atom. The van der Waals surface area contributed by atoms with Crippen LogP contribution in [0.1, 0.15) is 56.7 Å². The number of anilines is 5. The summed E-state index contributed by atoms with van der Waals surface area (Å²) in [6.07, 6.45) is 9.17. The Morgan fingerprint density at radius 3 is 1.88 bits per heavy atom. The molecule has 0 saturated heterocycles. The maximum Gasteiger partial charge on any atom is 0.0640 e. The van der Waals surface area contributed by atoms with Crippen LogP contribution in [0.15, 0.2) is 194 Å². The van der Waals surface area contributed by atoms with Gasteiger partial charge >= 0.3 is 0 Å². The molecule has 2 nitrogen and oxygen atoms in total. The average molecular weight is 869 g/mol. The van der Waals surface area contributed by atoms with E-state index in [0.717, 1.165) is 24.2 Å². The summed E-state index contributed by atoms with van der Waals surface area (Å²) in [6, 6.07) is 63.5. The first-order valence-corrected chi connectivity index (χ1v) is 24.4. The van der Waals surface area contributed by atoms with Crippen LogP contribution in [0.2, 0.25) is 0 Å². The van der Waals surface area contributed by atoms with Crippen LogP contribution in [-0.2, 0) is 6.42 Å². The molecule has 320 valence electrons. The van der Waals surface area contributed by atoms with Crippen molar-refractivity contribution < 1.29 is 0 Å². The largest absolute Gasteiger partial charge is 0.310 e. The van der Waals surface area contributed by atoms with Crippen molar-refractivity contribution in [3.63, 3.8) is 0 Å². The number of thiophene rings is 1. The van der Waals surface area contributed by atoms with E-state index in [9.17, 15) is 0 Å². The Labute approximate surface area is 391 Å². The van der Waals surface area contributed by atoms with Crippen molar-refractivity contribution in [2.75, 3.05) is 9.80 Å². The highest BCUT2D eigenvalue weighted by molar-refractivity contribution is 7.26. The molecule has 0 spiro atoms. The van der Waals surface area contributed by atoms with Crippen molar-refractivity contribution in [3.05, 3.63) is 221 Å². The van der Waals surface area contributed by atoms with Crippen molar-refractivity contribution in [3.8, 4) is 0 Å². The third-order valence-corrected chi connectivity index (χ3v) is 15.4. The number of benzene rings is 9. The summed E-state index contributed by atoms with van der Waals surface area (Å²) in [7, 11) is 0. The predicted molar refractivity (Wildman–Crippen MR) is 287 cm³/mol. The first kappa shape index (κ1) is 40.3. The van der Waals surface area contributed by atoms with Gasteiger partial charge < -0.3 is 9.80 Å². The fourth-order valence-corrected chi connectivity index (χ4v) is 12.4. The van der Waals surface area contributed by atoms with Gasteiger partial charge in [0.05, 0.1) is 27.5 Å². The van der Waals surface area contributed by atoms with E-state index < -0.39 is 0 Å². The zero-order valence-electron chi connectivity index (χ0n) is 38.3. The Balaban J connectivity index is 1.21. The number of para-hydroxylation sites is 2. The molecule has 0 unspecified atom stereocenters. The van der Waals surface area contributed by atoms with Crippen molar-refractivity contribution in [1.29, 1.82) is 0 Å². The molecular formula is C63H52N2S. The highest BCUT2D eigenvalue weighted by Crippen LogP contribution is 2.49. The highest BCUT2D eigenvalue weighted by atomic mass is 32.1. The molecule has 9 aromatic carbocycles. The van der Waals surface area contributed by atoms with Crippen LogP contribution in [0.3, 0.4) is 0 Å². The lowest BCUT2D eigenvalue weighted by Crippen LogP contribution is -2.33. The zero-order valence-corrected chi connectivity index (χ0v) is 39.1. The summed E-state index contributed by atoms with van der Waals surface area (Å²) < 4.78 is 2.61. The second-order valence-corrected chi connectivity index (χ2v) is 19.8. The molecular weight excluding hydrogens is 817 g/mol. The minimum atomic E-state index is 0.301. The summed E-state index contributed by atoms with van der Waals surface area (Å²) in [4.78, 5) is 5.13. The number of allylic oxidation sites excluding steroid dienone is 3. The molecule has 12 rings (SSSR count). The third-order valence-electron chi connectivity index (χ3n) is 14.2. The molecule has 0 amide bonds. The van der Waals surface area contributed by atoms with Gasteiger partial charge in [-0.05, 0) is 135 Å². The third kappa shape index (κ3) is 6.36. The minimum absolute atomic E-state index is 0.301. The van der Waals surface area contributed by atoms with E-state index in [1.165, 1.54) is 114 Å². The monoisotopic (exact) mass is 868 g/mol. The van der Waals surface area contributed by atoms with Gasteiger partial charge in [0.1, 0.15) is 0 Å². The smallest absolute Gasteiger partial charge is 0.0640 e. The summed E-state index contributed by atoms with van der Waals surface area (Å²) >= 11 is 1.90. The normalized spacial score (nSPS) is 13.7. The highest BCUT2D eigenvalue weighted by Gasteiger charge is 2.29. The standard InChI is InChI=1S/C63H52N2S/c1-39(2)44-35-36-57(64(42-19-8-6-9-20-42)56-30-17-26-47-46-24-13-12-23-45(46)41(5)37-55(47)56)52-29-16-27-49-54(40(3)4)38-59(53-34-33-50(44)62(52)61(49)53)65(43-21-10-7-11-22-43)58-31-18-28-51-48-25-14-15-32-60(48)66-63(51)58/h6-26,28-34,36-40H,27,35H2,1-5H3. The molecule has 0 aliphatic heterocycles. The molecule has 1 heterocycles. The number of hydrogen-bond donors (Lipinski definition) is 0. The van der Waals surface area contributed by atoms with Gasteiger partial charge in [0.15, 0.2) is 0 Å². The SMILES string of the molecule is Cc1cc2c(N(C3=CCC(C(C)C)=c4ccc5c(N(c6ccccc6)c6cccc7c6sc6ccccc67)cc(C(C)C)c6c5c4=C3C=CC6)c3ccccc3)cccc2c2ccccc12. The number of fused-ring (bicyclic) bond motifs is 6. The molecule has 10 aromatic rings. The molecule has 0 bridgehead atoms. The van der Waals surface area contributed by atoms with Gasteiger partial charge in [-0.2, -0.15) is 0 Å². The van der Waals surface area contributed by atoms with Gasteiger partial charge in [-0.15, -0.1) is 11.3 Å². The number of aryl methyl sites for hydroxylation is 1. The van der Waals surface area contributed by atoms with Gasteiger partial charge in [-0.25, -0.2) is 0 Å². The fourth-order valence-electron chi connectivity index (χ4n) is 11.2. The van der Waals surface area contributed by atoms with Gasteiger partial charge in [0.25, 0.3) is 0 Å². The molecule has 0 N–H and O–H groups in total. The van der Waals surface area contributed by atoms with Gasteiger partial charge in [0, 0.05) is 43.2 Å². The van der Waals surface area contributed by atoms with E-state index >= 15 is 0 Å². The Bertz CT molecular complexity index is 3780. The van der Waals surface area contributed by atoms with Gasteiger partial charge in [-0.1, -0.05) is 167 Å². The molecule has 0 fully saturated rings. The minimum Gasteiger partial charge on any atom is -0.310 e. The van der Waals surface area contributed by atoms with E-state index in [-0.39, 0.29) is 0 Å². The van der Waals surface area contributed by atoms with E-state index in [2.05, 4.69) is 233 Å². The van der Waals surface area contributed by atoms with Crippen LogP contribution in [-0.4, -0.2) is 0 Å². The van der Waals surface area contributed by atoms with Crippen LogP contribution in [0.4, 0.5) is 28.4 Å². The Morgan fingerprint density at radius 2 is 1.14 bits per heavy atom. The van der Waals surface area contributed by atoms with Crippen molar-refractivity contribution >= 4 is 103 Å². The van der Waals surface area contributed by atoms with Crippen LogP contribution < -0.4 is 20.2 Å². The second kappa shape index (κ2) is 16.0. The lowest BCUT2D eigenvalue weighted by molar-refractivity contribution is 0.825. The van der Waals surface area contributed by atoms with E-state index in [1.807, 2.05) is 11.3 Å². The zero-order chi connectivity index (χ0) is 44.6. The predicted octanol–water partition coefficient (Wildman–Crippen LogP) is 16.6. The maximum atomic E-state index is 2.57. The lowest BCUT2D eigenvalue weighted by Gasteiger charge is -2.31. The van der Waals surface area contributed by atoms with Gasteiger partial charge in [-0.3, -0.25) is 0 Å². The summed E-state index contributed by atoms with van der Waals surface area (Å²) in [5.41, 5.74) is 14.0. The van der Waals surface area contributed by atoms with E-state index in [4.69, 9.17) is 0 Å². The van der Waals surface area contributed by atoms with Crippen LogP contribution >= 0.6 is 11.3 Å².